The van der Waals surface area contributed by atoms with Gasteiger partial charge in [0.15, 0.2) is 0 Å². The third kappa shape index (κ3) is 4.27. The summed E-state index contributed by atoms with van der Waals surface area (Å²) in [6.07, 6.45) is 0.332. The summed E-state index contributed by atoms with van der Waals surface area (Å²) in [5.74, 6) is 0.530. The Labute approximate surface area is 145 Å². The van der Waals surface area contributed by atoms with Crippen LogP contribution < -0.4 is 10.6 Å². The zero-order valence-corrected chi connectivity index (χ0v) is 14.1. The number of carbonyl (C=O) groups is 1. The van der Waals surface area contributed by atoms with Gasteiger partial charge in [-0.1, -0.05) is 12.1 Å². The SMILES string of the molecule is Cc1nnnn1C(Cc1cccc(F)c1)C(=O)NCC1CNC1.Cl. The quantitative estimate of drug-likeness (QED) is 0.796. The minimum absolute atomic E-state index is 0. The van der Waals surface area contributed by atoms with Crippen LogP contribution in [0.25, 0.3) is 0 Å². The Hall–Kier alpha value is -2.06. The highest BCUT2D eigenvalue weighted by Gasteiger charge is 2.26. The number of tetrazole rings is 1. The highest BCUT2D eigenvalue weighted by Crippen LogP contribution is 2.16. The van der Waals surface area contributed by atoms with Gasteiger partial charge in [0.25, 0.3) is 0 Å². The monoisotopic (exact) mass is 354 g/mol. The predicted molar refractivity (Wildman–Crippen MR) is 88.3 cm³/mol. The number of aryl methyl sites for hydroxylation is 1. The molecule has 2 aromatic rings. The second-order valence-electron chi connectivity index (χ2n) is 5.79. The molecule has 1 aliphatic rings. The summed E-state index contributed by atoms with van der Waals surface area (Å²) in [6.45, 7) is 4.19. The summed E-state index contributed by atoms with van der Waals surface area (Å²) in [6, 6.07) is 5.63. The van der Waals surface area contributed by atoms with E-state index < -0.39 is 6.04 Å². The van der Waals surface area contributed by atoms with Crippen LogP contribution in [0.5, 0.6) is 0 Å². The van der Waals surface area contributed by atoms with E-state index in [1.807, 2.05) is 0 Å². The van der Waals surface area contributed by atoms with E-state index in [9.17, 15) is 9.18 Å². The van der Waals surface area contributed by atoms with Gasteiger partial charge in [0.05, 0.1) is 0 Å². The smallest absolute Gasteiger partial charge is 0.245 e. The number of carbonyl (C=O) groups excluding carboxylic acids is 1. The molecule has 1 atom stereocenters. The summed E-state index contributed by atoms with van der Waals surface area (Å²) in [7, 11) is 0. The predicted octanol–water partition coefficient (Wildman–Crippen LogP) is 0.662. The fourth-order valence-corrected chi connectivity index (χ4v) is 2.56. The van der Waals surface area contributed by atoms with Crippen molar-refractivity contribution < 1.29 is 9.18 Å². The Kier molecular flexibility index (Phi) is 6.22. The van der Waals surface area contributed by atoms with Gasteiger partial charge in [-0.05, 0) is 35.0 Å². The van der Waals surface area contributed by atoms with Crippen molar-refractivity contribution in [2.75, 3.05) is 19.6 Å². The molecule has 1 aliphatic heterocycles. The molecule has 0 bridgehead atoms. The van der Waals surface area contributed by atoms with Crippen LogP contribution in [0, 0.1) is 18.7 Å². The van der Waals surface area contributed by atoms with Crippen molar-refractivity contribution in [1.82, 2.24) is 30.8 Å². The molecule has 1 fully saturated rings. The van der Waals surface area contributed by atoms with Crippen LogP contribution in [0.1, 0.15) is 17.4 Å². The largest absolute Gasteiger partial charge is 0.354 e. The lowest BCUT2D eigenvalue weighted by Crippen LogP contribution is -2.49. The van der Waals surface area contributed by atoms with Crippen LogP contribution in [0.3, 0.4) is 0 Å². The molecule has 1 saturated heterocycles. The Balaban J connectivity index is 0.00000208. The van der Waals surface area contributed by atoms with Gasteiger partial charge in [-0.15, -0.1) is 17.5 Å². The third-order valence-electron chi connectivity index (χ3n) is 4.00. The fraction of sp³-hybridized carbons (Fsp3) is 0.467. The van der Waals surface area contributed by atoms with Crippen LogP contribution in [-0.2, 0) is 11.2 Å². The number of amides is 1. The number of aromatic nitrogens is 4. The van der Waals surface area contributed by atoms with Crippen LogP contribution in [-0.4, -0.2) is 45.7 Å². The Morgan fingerprint density at radius 2 is 2.29 bits per heavy atom. The standard InChI is InChI=1S/C15H19FN6O.ClH/c1-10-19-20-21-22(10)14(6-11-3-2-4-13(16)5-11)15(23)18-9-12-7-17-8-12;/h2-5,12,14,17H,6-9H2,1H3,(H,18,23);1H. The van der Waals surface area contributed by atoms with Crippen LogP contribution >= 0.6 is 12.4 Å². The molecule has 3 rings (SSSR count). The van der Waals surface area contributed by atoms with Crippen LogP contribution in [0.4, 0.5) is 4.39 Å². The molecule has 0 aliphatic carbocycles. The number of hydrogen-bond donors (Lipinski definition) is 2. The summed E-state index contributed by atoms with van der Waals surface area (Å²) in [5, 5.41) is 17.5. The Bertz CT molecular complexity index is 690. The maximum atomic E-state index is 13.4. The van der Waals surface area contributed by atoms with Gasteiger partial charge in [-0.2, -0.15) is 0 Å². The second kappa shape index (κ2) is 8.16. The summed E-state index contributed by atoms with van der Waals surface area (Å²) in [5.41, 5.74) is 0.727. The number of nitrogens with zero attached hydrogens (tertiary/aromatic N) is 4. The lowest BCUT2D eigenvalue weighted by atomic mass is 10.0. The van der Waals surface area contributed by atoms with Gasteiger partial charge in [-0.25, -0.2) is 9.07 Å². The van der Waals surface area contributed by atoms with E-state index in [1.54, 1.807) is 19.1 Å². The second-order valence-corrected chi connectivity index (χ2v) is 5.79. The highest BCUT2D eigenvalue weighted by molar-refractivity contribution is 5.85. The van der Waals surface area contributed by atoms with E-state index in [0.29, 0.717) is 24.7 Å². The first-order valence-electron chi connectivity index (χ1n) is 7.61. The molecule has 130 valence electrons. The molecule has 2 N–H and O–H groups in total. The normalized spacial score (nSPS) is 15.2. The summed E-state index contributed by atoms with van der Waals surface area (Å²) >= 11 is 0. The molecule has 0 radical (unpaired) electrons. The topological polar surface area (TPSA) is 84.7 Å². The average Bonchev–Trinajstić information content (AvgIpc) is 2.89. The first-order chi connectivity index (χ1) is 11.1. The van der Waals surface area contributed by atoms with E-state index >= 15 is 0 Å². The first kappa shape index (κ1) is 18.3. The van der Waals surface area contributed by atoms with E-state index in [0.717, 1.165) is 18.7 Å². The van der Waals surface area contributed by atoms with Gasteiger partial charge in [-0.3, -0.25) is 4.79 Å². The zero-order chi connectivity index (χ0) is 16.2. The lowest BCUT2D eigenvalue weighted by molar-refractivity contribution is -0.125. The molecule has 1 aromatic heterocycles. The minimum atomic E-state index is -0.597. The molecule has 1 unspecified atom stereocenters. The molecule has 0 saturated carbocycles. The van der Waals surface area contributed by atoms with E-state index in [4.69, 9.17) is 0 Å². The molecular weight excluding hydrogens is 335 g/mol. The third-order valence-corrected chi connectivity index (χ3v) is 4.00. The number of benzene rings is 1. The van der Waals surface area contributed by atoms with Gasteiger partial charge >= 0.3 is 0 Å². The molecular formula is C15H20ClFN6O. The number of nitrogens with one attached hydrogen (secondary N) is 2. The van der Waals surface area contributed by atoms with Gasteiger partial charge < -0.3 is 10.6 Å². The molecule has 7 nitrogen and oxygen atoms in total. The van der Waals surface area contributed by atoms with Crippen molar-refractivity contribution in [2.45, 2.75) is 19.4 Å². The van der Waals surface area contributed by atoms with Crippen molar-refractivity contribution in [1.29, 1.82) is 0 Å². The maximum Gasteiger partial charge on any atom is 0.245 e. The van der Waals surface area contributed by atoms with Crippen molar-refractivity contribution in [2.24, 2.45) is 5.92 Å². The van der Waals surface area contributed by atoms with Gasteiger partial charge in [0, 0.05) is 32.0 Å². The molecule has 2 heterocycles. The van der Waals surface area contributed by atoms with E-state index in [1.165, 1.54) is 16.8 Å². The molecule has 1 amide bonds. The highest BCUT2D eigenvalue weighted by atomic mass is 35.5. The number of hydrogen-bond acceptors (Lipinski definition) is 5. The minimum Gasteiger partial charge on any atom is -0.354 e. The first-order valence-corrected chi connectivity index (χ1v) is 7.61. The van der Waals surface area contributed by atoms with Crippen LogP contribution in [0.15, 0.2) is 24.3 Å². The summed E-state index contributed by atoms with van der Waals surface area (Å²) in [4.78, 5) is 12.6. The van der Waals surface area contributed by atoms with E-state index in [-0.39, 0.29) is 24.1 Å². The lowest BCUT2D eigenvalue weighted by Gasteiger charge is -2.28. The average molecular weight is 355 g/mol. The Morgan fingerprint density at radius 3 is 2.88 bits per heavy atom. The number of halogens is 2. The fourth-order valence-electron chi connectivity index (χ4n) is 2.56. The summed E-state index contributed by atoms with van der Waals surface area (Å²) < 4.78 is 14.9. The molecule has 24 heavy (non-hydrogen) atoms. The maximum absolute atomic E-state index is 13.4. The van der Waals surface area contributed by atoms with Crippen molar-refractivity contribution >= 4 is 18.3 Å². The van der Waals surface area contributed by atoms with Crippen molar-refractivity contribution in [3.05, 3.63) is 41.5 Å². The molecule has 9 heteroatoms. The van der Waals surface area contributed by atoms with Gasteiger partial charge in [0.1, 0.15) is 17.7 Å². The van der Waals surface area contributed by atoms with Gasteiger partial charge in [0.2, 0.25) is 5.91 Å². The molecule has 0 spiro atoms. The van der Waals surface area contributed by atoms with Crippen LogP contribution in [0.2, 0.25) is 0 Å². The Morgan fingerprint density at radius 1 is 1.50 bits per heavy atom. The molecule has 1 aromatic carbocycles. The van der Waals surface area contributed by atoms with E-state index in [2.05, 4.69) is 26.2 Å². The number of rotatable bonds is 6. The zero-order valence-electron chi connectivity index (χ0n) is 13.3. The van der Waals surface area contributed by atoms with Crippen molar-refractivity contribution in [3.8, 4) is 0 Å². The van der Waals surface area contributed by atoms with Crippen molar-refractivity contribution in [3.63, 3.8) is 0 Å².